The third-order valence-electron chi connectivity index (χ3n) is 6.58. The van der Waals surface area contributed by atoms with Crippen molar-refractivity contribution in [3.8, 4) is 0 Å². The molecule has 1 aliphatic carbocycles. The van der Waals surface area contributed by atoms with Crippen LogP contribution in [0.2, 0.25) is 0 Å². The Kier molecular flexibility index (Phi) is 5.66. The van der Waals surface area contributed by atoms with Crippen LogP contribution in [0.25, 0.3) is 0 Å². The van der Waals surface area contributed by atoms with E-state index in [1.54, 1.807) is 11.3 Å². The summed E-state index contributed by atoms with van der Waals surface area (Å²) >= 11 is 0. The van der Waals surface area contributed by atoms with Crippen molar-refractivity contribution in [1.82, 2.24) is 20.0 Å². The first-order valence-electron chi connectivity index (χ1n) is 9.98. The number of aromatic nitrogens is 2. The number of likely N-dealkylation sites (N-methyl/N-ethyl adjacent to an activating group) is 2. The summed E-state index contributed by atoms with van der Waals surface area (Å²) in [6.07, 6.45) is 9.33. The van der Waals surface area contributed by atoms with Crippen molar-refractivity contribution in [2.45, 2.75) is 77.8 Å². The summed E-state index contributed by atoms with van der Waals surface area (Å²) in [5.74, 6) is 0.749. The molecule has 2 aliphatic rings. The van der Waals surface area contributed by atoms with E-state index in [9.17, 15) is 0 Å². The Morgan fingerprint density at radius 3 is 2.75 bits per heavy atom. The fraction of sp³-hybridized carbons (Fsp3) is 0.850. The van der Waals surface area contributed by atoms with Crippen molar-refractivity contribution in [2.24, 2.45) is 5.41 Å². The second-order valence-electron chi connectivity index (χ2n) is 8.41. The molecule has 3 rings (SSSR count). The maximum absolute atomic E-state index is 5.03. The van der Waals surface area contributed by atoms with Crippen molar-refractivity contribution in [3.63, 3.8) is 0 Å². The van der Waals surface area contributed by atoms with Gasteiger partial charge in [-0.1, -0.05) is 20.3 Å². The van der Waals surface area contributed by atoms with Gasteiger partial charge in [-0.2, -0.15) is 5.10 Å². The van der Waals surface area contributed by atoms with Gasteiger partial charge in [-0.25, -0.2) is 0 Å². The number of aryl methyl sites for hydroxylation is 1. The van der Waals surface area contributed by atoms with Crippen molar-refractivity contribution >= 4 is 0 Å². The molecule has 0 unspecified atom stereocenters. The molecule has 1 saturated carbocycles. The normalized spacial score (nSPS) is 27.0. The zero-order chi connectivity index (χ0) is 17.2. The summed E-state index contributed by atoms with van der Waals surface area (Å²) in [5, 5.41) is 8.27. The fourth-order valence-corrected chi connectivity index (χ4v) is 4.59. The van der Waals surface area contributed by atoms with Gasteiger partial charge in [0, 0.05) is 37.4 Å². The van der Waals surface area contributed by atoms with Gasteiger partial charge in [-0.15, -0.1) is 0 Å². The number of fused-ring (bicyclic) bond motifs is 1. The van der Waals surface area contributed by atoms with Gasteiger partial charge in [-0.05, 0) is 64.0 Å². The van der Waals surface area contributed by atoms with Crippen LogP contribution < -0.4 is 5.32 Å². The minimum absolute atomic E-state index is 0.580. The number of nitrogens with one attached hydrogen (secondary N) is 1. The van der Waals surface area contributed by atoms with Crippen LogP contribution in [0.4, 0.5) is 0 Å². The van der Waals surface area contributed by atoms with Gasteiger partial charge in [-0.3, -0.25) is 9.58 Å². The fourth-order valence-electron chi connectivity index (χ4n) is 4.59. The van der Waals surface area contributed by atoms with Crippen LogP contribution in [0.3, 0.4) is 0 Å². The van der Waals surface area contributed by atoms with Crippen LogP contribution in [-0.4, -0.2) is 41.9 Å². The standard InChI is InChI=1S/C20H36N4/c1-5-20(2)10-8-16(9-11-20)19-17(15-23(4)14-12-21-3)22-24-13-6-7-18(19)24/h16,21H,5-15H2,1-4H3. The lowest BCUT2D eigenvalue weighted by Crippen LogP contribution is -2.28. The Morgan fingerprint density at radius 1 is 1.33 bits per heavy atom. The highest BCUT2D eigenvalue weighted by atomic mass is 15.3. The van der Waals surface area contributed by atoms with Crippen molar-refractivity contribution < 1.29 is 0 Å². The Morgan fingerprint density at radius 2 is 2.08 bits per heavy atom. The molecular weight excluding hydrogens is 296 g/mol. The highest BCUT2D eigenvalue weighted by Gasteiger charge is 2.34. The molecule has 1 fully saturated rings. The lowest BCUT2D eigenvalue weighted by molar-refractivity contribution is 0.190. The molecule has 0 saturated heterocycles. The lowest BCUT2D eigenvalue weighted by Gasteiger charge is -2.37. The van der Waals surface area contributed by atoms with E-state index in [1.807, 2.05) is 7.05 Å². The highest BCUT2D eigenvalue weighted by molar-refractivity contribution is 5.32. The first-order chi connectivity index (χ1) is 11.6. The quantitative estimate of drug-likeness (QED) is 0.829. The van der Waals surface area contributed by atoms with Gasteiger partial charge in [0.2, 0.25) is 0 Å². The van der Waals surface area contributed by atoms with Crippen LogP contribution in [0, 0.1) is 5.41 Å². The van der Waals surface area contributed by atoms with Crippen molar-refractivity contribution in [1.29, 1.82) is 0 Å². The maximum atomic E-state index is 5.03. The molecule has 4 heteroatoms. The monoisotopic (exact) mass is 332 g/mol. The molecule has 24 heavy (non-hydrogen) atoms. The predicted octanol–water partition coefficient (Wildman–Crippen LogP) is 3.55. The molecule has 136 valence electrons. The molecule has 0 spiro atoms. The second-order valence-corrected chi connectivity index (χ2v) is 8.41. The highest BCUT2D eigenvalue weighted by Crippen LogP contribution is 2.46. The lowest BCUT2D eigenvalue weighted by atomic mass is 9.68. The second kappa shape index (κ2) is 7.57. The number of hydrogen-bond acceptors (Lipinski definition) is 3. The smallest absolute Gasteiger partial charge is 0.0802 e. The van der Waals surface area contributed by atoms with E-state index in [2.05, 4.69) is 35.8 Å². The van der Waals surface area contributed by atoms with Gasteiger partial charge in [0.15, 0.2) is 0 Å². The molecular formula is C20H36N4. The van der Waals surface area contributed by atoms with E-state index in [1.165, 1.54) is 50.6 Å². The topological polar surface area (TPSA) is 33.1 Å². The minimum Gasteiger partial charge on any atom is -0.318 e. The molecule has 1 N–H and O–H groups in total. The number of hydrogen-bond donors (Lipinski definition) is 1. The van der Waals surface area contributed by atoms with Crippen LogP contribution in [0.5, 0.6) is 0 Å². The van der Waals surface area contributed by atoms with E-state index in [-0.39, 0.29) is 0 Å². The first-order valence-corrected chi connectivity index (χ1v) is 9.98. The molecule has 4 nitrogen and oxygen atoms in total. The first kappa shape index (κ1) is 17.9. The molecule has 0 aromatic carbocycles. The van der Waals surface area contributed by atoms with E-state index in [0.29, 0.717) is 5.41 Å². The van der Waals surface area contributed by atoms with Gasteiger partial charge in [0.1, 0.15) is 0 Å². The summed E-state index contributed by atoms with van der Waals surface area (Å²) in [5.41, 5.74) is 5.16. The minimum atomic E-state index is 0.580. The SMILES string of the molecule is CCC1(C)CCC(c2c(CN(C)CCNC)nn3c2CCC3)CC1. The molecule has 1 aliphatic heterocycles. The third kappa shape index (κ3) is 3.70. The van der Waals surface area contributed by atoms with Gasteiger partial charge < -0.3 is 5.32 Å². The Labute approximate surface area is 148 Å². The number of rotatable bonds is 7. The summed E-state index contributed by atoms with van der Waals surface area (Å²) < 4.78 is 2.32. The summed E-state index contributed by atoms with van der Waals surface area (Å²) in [6, 6.07) is 0. The van der Waals surface area contributed by atoms with Crippen LogP contribution in [0.15, 0.2) is 0 Å². The molecule has 1 aromatic heterocycles. The van der Waals surface area contributed by atoms with E-state index >= 15 is 0 Å². The van der Waals surface area contributed by atoms with Gasteiger partial charge >= 0.3 is 0 Å². The van der Waals surface area contributed by atoms with E-state index in [4.69, 9.17) is 5.10 Å². The number of nitrogens with zero attached hydrogens (tertiary/aromatic N) is 3. The Bertz CT molecular complexity index is 540. The molecule has 0 bridgehead atoms. The molecule has 0 radical (unpaired) electrons. The largest absolute Gasteiger partial charge is 0.318 e. The van der Waals surface area contributed by atoms with Gasteiger partial charge in [0.05, 0.1) is 5.69 Å². The zero-order valence-corrected chi connectivity index (χ0v) is 16.2. The predicted molar refractivity (Wildman–Crippen MR) is 100 cm³/mol. The Balaban J connectivity index is 1.76. The summed E-state index contributed by atoms with van der Waals surface area (Å²) in [7, 11) is 4.25. The molecule has 0 amide bonds. The molecule has 2 heterocycles. The molecule has 1 aromatic rings. The van der Waals surface area contributed by atoms with Gasteiger partial charge in [0.25, 0.3) is 0 Å². The van der Waals surface area contributed by atoms with Crippen LogP contribution >= 0.6 is 0 Å². The zero-order valence-electron chi connectivity index (χ0n) is 16.2. The maximum Gasteiger partial charge on any atom is 0.0802 e. The summed E-state index contributed by atoms with van der Waals surface area (Å²) in [4.78, 5) is 2.41. The van der Waals surface area contributed by atoms with E-state index in [0.717, 1.165) is 32.1 Å². The average Bonchev–Trinajstić information content (AvgIpc) is 3.15. The average molecular weight is 333 g/mol. The third-order valence-corrected chi connectivity index (χ3v) is 6.58. The van der Waals surface area contributed by atoms with Crippen LogP contribution in [0.1, 0.15) is 75.2 Å². The molecule has 0 atom stereocenters. The van der Waals surface area contributed by atoms with E-state index < -0.39 is 0 Å². The Hall–Kier alpha value is -0.870. The van der Waals surface area contributed by atoms with Crippen molar-refractivity contribution in [3.05, 3.63) is 17.0 Å². The van der Waals surface area contributed by atoms with Crippen molar-refractivity contribution in [2.75, 3.05) is 27.2 Å². The summed E-state index contributed by atoms with van der Waals surface area (Å²) in [6.45, 7) is 9.09. The van der Waals surface area contributed by atoms with Crippen LogP contribution in [-0.2, 0) is 19.5 Å².